The molecule has 0 spiro atoms. The van der Waals surface area contributed by atoms with Crippen LogP contribution in [0.3, 0.4) is 0 Å². The van der Waals surface area contributed by atoms with Gasteiger partial charge >= 0.3 is 0 Å². The lowest BCUT2D eigenvalue weighted by Gasteiger charge is -2.12. The lowest BCUT2D eigenvalue weighted by molar-refractivity contribution is 0.627. The number of nitrogens with zero attached hydrogens (tertiary/aromatic N) is 2. The molecular formula is C27H23FN2OS2. The molecule has 0 saturated carbocycles. The second-order valence-corrected chi connectivity index (χ2v) is 10.1. The van der Waals surface area contributed by atoms with Crippen LogP contribution >= 0.6 is 23.1 Å². The van der Waals surface area contributed by atoms with Crippen molar-refractivity contribution in [2.24, 2.45) is 0 Å². The van der Waals surface area contributed by atoms with E-state index >= 15 is 0 Å². The predicted molar refractivity (Wildman–Crippen MR) is 137 cm³/mol. The van der Waals surface area contributed by atoms with Crippen LogP contribution in [0.5, 0.6) is 0 Å². The van der Waals surface area contributed by atoms with Gasteiger partial charge in [0.15, 0.2) is 5.16 Å². The zero-order valence-corrected chi connectivity index (χ0v) is 20.1. The van der Waals surface area contributed by atoms with Gasteiger partial charge in [-0.2, -0.15) is 0 Å². The van der Waals surface area contributed by atoms with Crippen LogP contribution < -0.4 is 5.56 Å². The minimum Gasteiger partial charge on any atom is -0.268 e. The van der Waals surface area contributed by atoms with Gasteiger partial charge in [-0.15, -0.1) is 11.3 Å². The van der Waals surface area contributed by atoms with Crippen molar-refractivity contribution < 1.29 is 4.39 Å². The molecule has 0 N–H and O–H groups in total. The first kappa shape index (κ1) is 21.9. The van der Waals surface area contributed by atoms with E-state index in [2.05, 4.69) is 37.3 Å². The maximum absolute atomic E-state index is 13.7. The third-order valence-corrected chi connectivity index (χ3v) is 8.03. The lowest BCUT2D eigenvalue weighted by Crippen LogP contribution is -2.21. The van der Waals surface area contributed by atoms with Gasteiger partial charge in [0, 0.05) is 10.6 Å². The number of hydrogen-bond acceptors (Lipinski definition) is 4. The SMILES string of the molecule is CCCc1sc2nc(SCc3ccc4ccccc4c3)n(-c3ccc(F)cc3)c(=O)c2c1C. The molecular weight excluding hydrogens is 451 g/mol. The molecule has 2 heterocycles. The van der Waals surface area contributed by atoms with Gasteiger partial charge in [-0.3, -0.25) is 9.36 Å². The number of thioether (sulfide) groups is 1. The Labute approximate surface area is 199 Å². The second kappa shape index (κ2) is 9.12. The van der Waals surface area contributed by atoms with E-state index in [4.69, 9.17) is 4.98 Å². The Morgan fingerprint density at radius 3 is 2.55 bits per heavy atom. The average molecular weight is 475 g/mol. The Morgan fingerprint density at radius 2 is 1.79 bits per heavy atom. The molecule has 33 heavy (non-hydrogen) atoms. The quantitative estimate of drug-likeness (QED) is 0.191. The van der Waals surface area contributed by atoms with Crippen molar-refractivity contribution in [1.82, 2.24) is 9.55 Å². The van der Waals surface area contributed by atoms with Crippen molar-refractivity contribution in [2.45, 2.75) is 37.6 Å². The van der Waals surface area contributed by atoms with Crippen molar-refractivity contribution in [3.8, 4) is 5.69 Å². The van der Waals surface area contributed by atoms with E-state index in [9.17, 15) is 9.18 Å². The highest BCUT2D eigenvalue weighted by molar-refractivity contribution is 7.98. The molecule has 0 bridgehead atoms. The molecule has 0 amide bonds. The molecule has 0 unspecified atom stereocenters. The van der Waals surface area contributed by atoms with Gasteiger partial charge in [0.25, 0.3) is 5.56 Å². The number of halogens is 1. The first-order valence-corrected chi connectivity index (χ1v) is 12.8. The highest BCUT2D eigenvalue weighted by atomic mass is 32.2. The van der Waals surface area contributed by atoms with Gasteiger partial charge in [-0.05, 0) is 59.5 Å². The Bertz CT molecular complexity index is 1520. The zero-order chi connectivity index (χ0) is 22.9. The summed E-state index contributed by atoms with van der Waals surface area (Å²) in [6, 6.07) is 20.7. The summed E-state index contributed by atoms with van der Waals surface area (Å²) in [5.41, 5.74) is 2.70. The third kappa shape index (κ3) is 4.21. The number of hydrogen-bond donors (Lipinski definition) is 0. The Kier molecular flexibility index (Phi) is 6.04. The fourth-order valence-corrected chi connectivity index (χ4v) is 6.34. The van der Waals surface area contributed by atoms with Crippen molar-refractivity contribution in [3.63, 3.8) is 0 Å². The van der Waals surface area contributed by atoms with E-state index in [1.54, 1.807) is 28.0 Å². The Morgan fingerprint density at radius 1 is 1.03 bits per heavy atom. The summed E-state index contributed by atoms with van der Waals surface area (Å²) in [5.74, 6) is 0.346. The summed E-state index contributed by atoms with van der Waals surface area (Å²) >= 11 is 3.14. The van der Waals surface area contributed by atoms with Gasteiger partial charge in [0.05, 0.1) is 11.1 Å². The largest absolute Gasteiger partial charge is 0.268 e. The van der Waals surface area contributed by atoms with Gasteiger partial charge in [-0.25, -0.2) is 9.37 Å². The first-order valence-electron chi connectivity index (χ1n) is 11.0. The van der Waals surface area contributed by atoms with Crippen LogP contribution in [-0.2, 0) is 12.2 Å². The monoisotopic (exact) mass is 474 g/mol. The van der Waals surface area contributed by atoms with Crippen LogP contribution in [-0.4, -0.2) is 9.55 Å². The topological polar surface area (TPSA) is 34.9 Å². The van der Waals surface area contributed by atoms with Crippen LogP contribution in [0.1, 0.15) is 29.3 Å². The molecule has 0 fully saturated rings. The van der Waals surface area contributed by atoms with Gasteiger partial charge in [0.1, 0.15) is 10.6 Å². The predicted octanol–water partition coefficient (Wildman–Crippen LogP) is 7.29. The number of aromatic nitrogens is 2. The molecule has 6 heteroatoms. The van der Waals surface area contributed by atoms with Crippen LogP contribution in [0.4, 0.5) is 4.39 Å². The molecule has 0 aliphatic rings. The summed E-state index contributed by atoms with van der Waals surface area (Å²) in [4.78, 5) is 20.6. The van der Waals surface area contributed by atoms with Crippen molar-refractivity contribution >= 4 is 44.1 Å². The normalized spacial score (nSPS) is 11.5. The second-order valence-electron chi connectivity index (χ2n) is 8.06. The molecule has 0 radical (unpaired) electrons. The van der Waals surface area contributed by atoms with Crippen LogP contribution in [0.2, 0.25) is 0 Å². The van der Waals surface area contributed by atoms with Crippen LogP contribution in [0.25, 0.3) is 26.7 Å². The molecule has 5 rings (SSSR count). The highest BCUT2D eigenvalue weighted by Gasteiger charge is 2.19. The number of fused-ring (bicyclic) bond motifs is 2. The fraction of sp³-hybridized carbons (Fsp3) is 0.185. The fourth-order valence-electron chi connectivity index (χ4n) is 4.07. The summed E-state index contributed by atoms with van der Waals surface area (Å²) in [6.45, 7) is 4.14. The number of benzene rings is 3. The molecule has 166 valence electrons. The standard InChI is InChI=1S/C27H23FN2OS2/c1-3-6-23-17(2)24-25(33-23)29-27(30(26(24)31)22-13-11-21(28)12-14-22)32-16-18-9-10-19-7-4-5-8-20(19)15-18/h4-5,7-15H,3,6,16H2,1-2H3. The molecule has 0 aliphatic carbocycles. The van der Waals surface area contributed by atoms with Crippen LogP contribution in [0, 0.1) is 12.7 Å². The van der Waals surface area contributed by atoms with E-state index in [1.807, 2.05) is 19.1 Å². The van der Waals surface area contributed by atoms with Crippen molar-refractivity contribution in [2.75, 3.05) is 0 Å². The molecule has 0 saturated heterocycles. The molecule has 2 aromatic heterocycles. The smallest absolute Gasteiger partial charge is 0.267 e. The molecule has 5 aromatic rings. The number of aryl methyl sites for hydroxylation is 2. The van der Waals surface area contributed by atoms with E-state index < -0.39 is 0 Å². The Balaban J connectivity index is 1.61. The van der Waals surface area contributed by atoms with Crippen molar-refractivity contribution in [3.05, 3.63) is 98.9 Å². The van der Waals surface area contributed by atoms with Crippen molar-refractivity contribution in [1.29, 1.82) is 0 Å². The molecule has 0 atom stereocenters. The third-order valence-electron chi connectivity index (χ3n) is 5.78. The first-order chi connectivity index (χ1) is 16.0. The summed E-state index contributed by atoms with van der Waals surface area (Å²) in [6.07, 6.45) is 1.95. The summed E-state index contributed by atoms with van der Waals surface area (Å²) < 4.78 is 15.2. The summed E-state index contributed by atoms with van der Waals surface area (Å²) in [7, 11) is 0. The minimum absolute atomic E-state index is 0.0938. The lowest BCUT2D eigenvalue weighted by atomic mass is 10.1. The molecule has 3 nitrogen and oxygen atoms in total. The van der Waals surface area contributed by atoms with Gasteiger partial charge < -0.3 is 0 Å². The van der Waals surface area contributed by atoms with E-state index in [0.717, 1.165) is 28.8 Å². The number of rotatable bonds is 6. The maximum Gasteiger partial charge on any atom is 0.267 e. The maximum atomic E-state index is 13.7. The number of thiophene rings is 1. The van der Waals surface area contributed by atoms with Crippen LogP contribution in [0.15, 0.2) is 76.7 Å². The van der Waals surface area contributed by atoms with E-state index in [0.29, 0.717) is 22.0 Å². The zero-order valence-electron chi connectivity index (χ0n) is 18.5. The van der Waals surface area contributed by atoms with E-state index in [-0.39, 0.29) is 11.4 Å². The van der Waals surface area contributed by atoms with Gasteiger partial charge in [-0.1, -0.05) is 67.6 Å². The summed E-state index contributed by atoms with van der Waals surface area (Å²) in [5, 5.41) is 3.68. The van der Waals surface area contributed by atoms with Gasteiger partial charge in [0.2, 0.25) is 0 Å². The molecule has 0 aliphatic heterocycles. The van der Waals surface area contributed by atoms with E-state index in [1.165, 1.54) is 39.5 Å². The molecule has 3 aromatic carbocycles. The highest BCUT2D eigenvalue weighted by Crippen LogP contribution is 2.32. The minimum atomic E-state index is -0.330. The Hall–Kier alpha value is -2.96. The average Bonchev–Trinajstić information content (AvgIpc) is 3.14.